The van der Waals surface area contributed by atoms with E-state index in [-0.39, 0.29) is 12.3 Å². The summed E-state index contributed by atoms with van der Waals surface area (Å²) in [7, 11) is 0. The average molecular weight is 526 g/mol. The second kappa shape index (κ2) is 10.9. The monoisotopic (exact) mass is 525 g/mol. The number of hydrogen-bond donors (Lipinski definition) is 0. The molecular formula is C25H24BrN3O3S. The van der Waals surface area contributed by atoms with Gasteiger partial charge in [0.05, 0.1) is 9.40 Å². The molecule has 170 valence electrons. The number of thiocarbonyl (C=S) groups is 1. The van der Waals surface area contributed by atoms with Gasteiger partial charge in [0.1, 0.15) is 17.3 Å². The van der Waals surface area contributed by atoms with Crippen LogP contribution in [0.5, 0.6) is 5.75 Å². The van der Waals surface area contributed by atoms with Gasteiger partial charge in [-0.25, -0.2) is 0 Å². The van der Waals surface area contributed by atoms with E-state index in [2.05, 4.69) is 50.0 Å². The summed E-state index contributed by atoms with van der Waals surface area (Å²) in [6.45, 7) is 4.95. The molecule has 6 nitrogen and oxygen atoms in total. The number of hydrogen-bond acceptors (Lipinski definition) is 5. The SMILES string of the molecule is O=[N+]([O-])c1cccc(COc2ccc(C(=S)N3CCN(Cc4ccccc4)CC3)cc2Br)c1. The van der Waals surface area contributed by atoms with E-state index in [0.717, 1.165) is 53.3 Å². The van der Waals surface area contributed by atoms with Crippen LogP contribution in [0.1, 0.15) is 16.7 Å². The van der Waals surface area contributed by atoms with Crippen molar-refractivity contribution in [1.82, 2.24) is 9.80 Å². The zero-order valence-electron chi connectivity index (χ0n) is 18.0. The van der Waals surface area contributed by atoms with Crippen molar-refractivity contribution in [2.24, 2.45) is 0 Å². The molecule has 8 heteroatoms. The first kappa shape index (κ1) is 23.4. The highest BCUT2D eigenvalue weighted by molar-refractivity contribution is 9.10. The van der Waals surface area contributed by atoms with Crippen LogP contribution in [0.15, 0.2) is 77.3 Å². The van der Waals surface area contributed by atoms with Crippen molar-refractivity contribution >= 4 is 38.8 Å². The number of nitro groups is 1. The molecule has 0 spiro atoms. The molecule has 1 aliphatic rings. The zero-order valence-corrected chi connectivity index (χ0v) is 20.4. The molecule has 0 saturated carbocycles. The smallest absolute Gasteiger partial charge is 0.269 e. The first-order valence-corrected chi connectivity index (χ1v) is 11.9. The van der Waals surface area contributed by atoms with E-state index >= 15 is 0 Å². The lowest BCUT2D eigenvalue weighted by atomic mass is 10.1. The molecule has 0 aromatic heterocycles. The number of halogens is 1. The van der Waals surface area contributed by atoms with Crippen molar-refractivity contribution < 1.29 is 9.66 Å². The summed E-state index contributed by atoms with van der Waals surface area (Å²) in [5, 5.41) is 11.0. The van der Waals surface area contributed by atoms with Gasteiger partial charge in [-0.2, -0.15) is 0 Å². The van der Waals surface area contributed by atoms with Gasteiger partial charge < -0.3 is 9.64 Å². The van der Waals surface area contributed by atoms with Crippen LogP contribution in [0.25, 0.3) is 0 Å². The van der Waals surface area contributed by atoms with Gasteiger partial charge in [-0.15, -0.1) is 0 Å². The normalized spacial score (nSPS) is 14.2. The van der Waals surface area contributed by atoms with Crippen LogP contribution >= 0.6 is 28.1 Å². The van der Waals surface area contributed by atoms with Crippen LogP contribution < -0.4 is 4.74 Å². The lowest BCUT2D eigenvalue weighted by Gasteiger charge is -2.36. The average Bonchev–Trinajstić information content (AvgIpc) is 2.84. The van der Waals surface area contributed by atoms with Crippen LogP contribution in [-0.2, 0) is 13.2 Å². The highest BCUT2D eigenvalue weighted by Gasteiger charge is 2.20. The fourth-order valence-electron chi connectivity index (χ4n) is 3.81. The van der Waals surface area contributed by atoms with Gasteiger partial charge >= 0.3 is 0 Å². The first-order chi connectivity index (χ1) is 16.0. The minimum absolute atomic E-state index is 0.0553. The Bertz CT molecular complexity index is 1130. The van der Waals surface area contributed by atoms with Gasteiger partial charge in [-0.05, 0) is 45.3 Å². The largest absolute Gasteiger partial charge is 0.488 e. The summed E-state index contributed by atoms with van der Waals surface area (Å²) in [4.78, 5) is 16.1. The molecule has 4 rings (SSSR count). The van der Waals surface area contributed by atoms with Crippen LogP contribution in [0.4, 0.5) is 5.69 Å². The predicted molar refractivity (Wildman–Crippen MR) is 137 cm³/mol. The molecule has 0 unspecified atom stereocenters. The number of benzene rings is 3. The third kappa shape index (κ3) is 6.16. The third-order valence-corrected chi connectivity index (χ3v) is 6.72. The summed E-state index contributed by atoms with van der Waals surface area (Å²) in [5.74, 6) is 0.667. The zero-order chi connectivity index (χ0) is 23.2. The Balaban J connectivity index is 1.32. The Labute approximate surface area is 207 Å². The Kier molecular flexibility index (Phi) is 7.69. The van der Waals surface area contributed by atoms with Gasteiger partial charge in [0, 0.05) is 50.4 Å². The fourth-order valence-corrected chi connectivity index (χ4v) is 4.61. The number of non-ortho nitro benzene ring substituents is 1. The van der Waals surface area contributed by atoms with Gasteiger partial charge in [0.2, 0.25) is 0 Å². The fraction of sp³-hybridized carbons (Fsp3) is 0.240. The minimum Gasteiger partial charge on any atom is -0.488 e. The maximum absolute atomic E-state index is 11.0. The maximum atomic E-state index is 11.0. The lowest BCUT2D eigenvalue weighted by Crippen LogP contribution is -2.48. The van der Waals surface area contributed by atoms with E-state index < -0.39 is 4.92 Å². The highest BCUT2D eigenvalue weighted by Crippen LogP contribution is 2.28. The van der Waals surface area contributed by atoms with Crippen LogP contribution in [0.3, 0.4) is 0 Å². The van der Waals surface area contributed by atoms with Gasteiger partial charge in [0.15, 0.2) is 0 Å². The topological polar surface area (TPSA) is 58.9 Å². The van der Waals surface area contributed by atoms with E-state index in [4.69, 9.17) is 17.0 Å². The van der Waals surface area contributed by atoms with Crippen molar-refractivity contribution in [1.29, 1.82) is 0 Å². The first-order valence-electron chi connectivity index (χ1n) is 10.7. The molecule has 1 aliphatic heterocycles. The molecule has 0 radical (unpaired) electrons. The van der Waals surface area contributed by atoms with E-state index in [9.17, 15) is 10.1 Å². The molecule has 0 aliphatic carbocycles. The van der Waals surface area contributed by atoms with E-state index in [1.807, 2.05) is 30.3 Å². The molecule has 0 N–H and O–H groups in total. The summed E-state index contributed by atoms with van der Waals surface area (Å²) in [6, 6.07) is 22.8. The number of rotatable bonds is 7. The molecule has 1 heterocycles. The second-order valence-electron chi connectivity index (χ2n) is 7.91. The number of nitro benzene ring substituents is 1. The molecule has 1 saturated heterocycles. The van der Waals surface area contributed by atoms with Crippen LogP contribution in [-0.4, -0.2) is 45.9 Å². The Morgan fingerprint density at radius 1 is 0.970 bits per heavy atom. The Morgan fingerprint density at radius 3 is 2.39 bits per heavy atom. The van der Waals surface area contributed by atoms with Crippen LogP contribution in [0, 0.1) is 10.1 Å². The van der Waals surface area contributed by atoms with Gasteiger partial charge in [0.25, 0.3) is 5.69 Å². The summed E-state index contributed by atoms with van der Waals surface area (Å²) in [6.07, 6.45) is 0. The quantitative estimate of drug-likeness (QED) is 0.233. The summed E-state index contributed by atoms with van der Waals surface area (Å²) < 4.78 is 6.68. The minimum atomic E-state index is -0.406. The molecule has 3 aromatic rings. The van der Waals surface area contributed by atoms with Crippen molar-refractivity contribution in [3.05, 3.63) is 104 Å². The van der Waals surface area contributed by atoms with Crippen molar-refractivity contribution in [3.63, 3.8) is 0 Å². The summed E-state index contributed by atoms with van der Waals surface area (Å²) in [5.41, 5.74) is 3.10. The predicted octanol–water partition coefficient (Wildman–Crippen LogP) is 5.43. The maximum Gasteiger partial charge on any atom is 0.269 e. The summed E-state index contributed by atoms with van der Waals surface area (Å²) >= 11 is 9.35. The van der Waals surface area contributed by atoms with Crippen molar-refractivity contribution in [3.8, 4) is 5.75 Å². The molecule has 33 heavy (non-hydrogen) atoms. The molecule has 0 bridgehead atoms. The van der Waals surface area contributed by atoms with Crippen LogP contribution in [0.2, 0.25) is 0 Å². The van der Waals surface area contributed by atoms with E-state index in [1.165, 1.54) is 17.7 Å². The van der Waals surface area contributed by atoms with Gasteiger partial charge in [-0.1, -0.05) is 54.7 Å². The molecule has 3 aromatic carbocycles. The lowest BCUT2D eigenvalue weighted by molar-refractivity contribution is -0.384. The molecule has 1 fully saturated rings. The third-order valence-electron chi connectivity index (χ3n) is 5.60. The van der Waals surface area contributed by atoms with Gasteiger partial charge in [-0.3, -0.25) is 15.0 Å². The second-order valence-corrected chi connectivity index (χ2v) is 9.16. The molecular weight excluding hydrogens is 502 g/mol. The van der Waals surface area contributed by atoms with E-state index in [1.54, 1.807) is 6.07 Å². The van der Waals surface area contributed by atoms with Crippen molar-refractivity contribution in [2.75, 3.05) is 26.2 Å². The van der Waals surface area contributed by atoms with Crippen molar-refractivity contribution in [2.45, 2.75) is 13.2 Å². The molecule has 0 atom stereocenters. The van der Waals surface area contributed by atoms with E-state index in [0.29, 0.717) is 5.75 Å². The Morgan fingerprint density at radius 2 is 1.70 bits per heavy atom. The number of ether oxygens (including phenoxy) is 1. The standard InChI is InChI=1S/C25H24BrN3O3S/c26-23-16-21(9-10-24(23)32-18-20-7-4-8-22(15-20)29(30)31)25(33)28-13-11-27(12-14-28)17-19-5-2-1-3-6-19/h1-10,15-16H,11-14,17-18H2. The molecule has 0 amide bonds. The number of piperazine rings is 1. The Hall–Kier alpha value is -2.81. The highest BCUT2D eigenvalue weighted by atomic mass is 79.9. The number of nitrogens with zero attached hydrogens (tertiary/aromatic N) is 3.